The van der Waals surface area contributed by atoms with E-state index in [2.05, 4.69) is 22.8 Å². The van der Waals surface area contributed by atoms with Crippen LogP contribution in [0, 0.1) is 0 Å². The summed E-state index contributed by atoms with van der Waals surface area (Å²) in [6.45, 7) is 3.48. The van der Waals surface area contributed by atoms with Crippen molar-refractivity contribution in [3.05, 3.63) is 56.3 Å². The number of nitrogens with zero attached hydrogens (tertiary/aromatic N) is 1. The largest absolute Gasteiger partial charge is 0.379 e. The van der Waals surface area contributed by atoms with E-state index < -0.39 is 10.9 Å². The van der Waals surface area contributed by atoms with Crippen molar-refractivity contribution in [1.29, 1.82) is 0 Å². The van der Waals surface area contributed by atoms with Gasteiger partial charge in [0.2, 0.25) is 0 Å². The van der Waals surface area contributed by atoms with Crippen LogP contribution in [-0.2, 0) is 6.42 Å². The molecule has 0 aliphatic rings. The molecule has 0 radical (unpaired) electrons. The molecule has 2 aromatic rings. The Labute approximate surface area is 137 Å². The molecule has 0 saturated heterocycles. The number of hydrogen-bond acceptors (Lipinski definition) is 5. The smallest absolute Gasteiger partial charge is 0.253 e. The number of nitrogens with one attached hydrogen (secondary N) is 2. The van der Waals surface area contributed by atoms with E-state index in [0.717, 1.165) is 19.4 Å². The molecular formula is C18H25N3O2. The van der Waals surface area contributed by atoms with Crippen LogP contribution >= 0.6 is 0 Å². The Morgan fingerprint density at radius 3 is 2.35 bits per heavy atom. The van der Waals surface area contributed by atoms with Crippen LogP contribution in [0.25, 0.3) is 0 Å². The fourth-order valence-electron chi connectivity index (χ4n) is 2.45. The van der Waals surface area contributed by atoms with Gasteiger partial charge in [-0.2, -0.15) is 0 Å². The van der Waals surface area contributed by atoms with Gasteiger partial charge in [0.15, 0.2) is 0 Å². The zero-order chi connectivity index (χ0) is 16.8. The third-order valence-corrected chi connectivity index (χ3v) is 3.87. The molecule has 0 aliphatic heterocycles. The predicted octanol–water partition coefficient (Wildman–Crippen LogP) is 1.69. The molecule has 2 N–H and O–H groups in total. The molecule has 0 saturated carbocycles. The maximum atomic E-state index is 11.8. The second-order valence-electron chi connectivity index (χ2n) is 6.21. The minimum absolute atomic E-state index is 0.132. The van der Waals surface area contributed by atoms with Gasteiger partial charge in [0.25, 0.3) is 10.9 Å². The second-order valence-corrected chi connectivity index (χ2v) is 6.21. The van der Waals surface area contributed by atoms with Crippen molar-refractivity contribution < 1.29 is 0 Å². The predicted molar refractivity (Wildman–Crippen MR) is 96.2 cm³/mol. The van der Waals surface area contributed by atoms with Crippen LogP contribution in [-0.4, -0.2) is 38.1 Å². The fraction of sp³-hybridized carbons (Fsp3) is 0.444. The van der Waals surface area contributed by atoms with Crippen LogP contribution in [0.4, 0.5) is 11.4 Å². The second kappa shape index (κ2) is 7.92. The number of aryl methyl sites for hydroxylation is 1. The van der Waals surface area contributed by atoms with Crippen molar-refractivity contribution in [2.75, 3.05) is 37.8 Å². The number of likely N-dealkylation sites (N-methyl/N-ethyl adjacent to an activating group) is 1. The first-order valence-electron chi connectivity index (χ1n) is 8.01. The van der Waals surface area contributed by atoms with Crippen LogP contribution in [0.2, 0.25) is 0 Å². The van der Waals surface area contributed by atoms with Gasteiger partial charge in [-0.05, 0) is 39.4 Å². The monoisotopic (exact) mass is 315 g/mol. The number of anilines is 2. The summed E-state index contributed by atoms with van der Waals surface area (Å²) >= 11 is 0. The Bertz CT molecular complexity index is 688. The Kier molecular flexibility index (Phi) is 5.93. The highest BCUT2D eigenvalue weighted by atomic mass is 16.2. The molecule has 2 rings (SSSR count). The summed E-state index contributed by atoms with van der Waals surface area (Å²) < 4.78 is 0. The molecule has 0 heterocycles. The van der Waals surface area contributed by atoms with Gasteiger partial charge in [-0.15, -0.1) is 0 Å². The molecule has 1 atom stereocenters. The van der Waals surface area contributed by atoms with Crippen molar-refractivity contribution in [2.24, 2.45) is 0 Å². The lowest BCUT2D eigenvalue weighted by molar-refractivity contribution is 0.425. The highest BCUT2D eigenvalue weighted by Crippen LogP contribution is 2.17. The minimum atomic E-state index is -0.415. The topological polar surface area (TPSA) is 61.4 Å². The van der Waals surface area contributed by atoms with Crippen LogP contribution in [0.3, 0.4) is 0 Å². The van der Waals surface area contributed by atoms with Crippen LogP contribution in [0.15, 0.2) is 39.9 Å². The van der Waals surface area contributed by atoms with Crippen molar-refractivity contribution in [1.82, 2.24) is 4.90 Å². The van der Waals surface area contributed by atoms with E-state index >= 15 is 0 Å². The number of rotatable bonds is 9. The molecule has 0 aromatic heterocycles. The van der Waals surface area contributed by atoms with Crippen molar-refractivity contribution >= 4 is 11.4 Å². The fourth-order valence-corrected chi connectivity index (χ4v) is 2.45. The summed E-state index contributed by atoms with van der Waals surface area (Å²) in [5.74, 6) is 0. The summed E-state index contributed by atoms with van der Waals surface area (Å²) in [6.07, 6.45) is 1.84. The molecule has 0 fully saturated rings. The molecule has 0 unspecified atom stereocenters. The number of hydrogen-bond donors (Lipinski definition) is 2. The molecule has 0 amide bonds. The van der Waals surface area contributed by atoms with Gasteiger partial charge in [0.1, 0.15) is 11.4 Å². The lowest BCUT2D eigenvalue weighted by Gasteiger charge is -2.20. The summed E-state index contributed by atoms with van der Waals surface area (Å²) in [4.78, 5) is 25.5. The lowest BCUT2D eigenvalue weighted by Crippen LogP contribution is -2.40. The molecule has 2 aromatic carbocycles. The Balaban J connectivity index is 1.88. The molecular weight excluding hydrogens is 290 g/mol. The first kappa shape index (κ1) is 17.2. The Hall–Kier alpha value is -2.14. The van der Waals surface area contributed by atoms with E-state index in [1.165, 1.54) is 5.56 Å². The third kappa shape index (κ3) is 4.66. The quantitative estimate of drug-likeness (QED) is 0.690. The van der Waals surface area contributed by atoms with Crippen LogP contribution < -0.4 is 21.5 Å². The molecule has 23 heavy (non-hydrogen) atoms. The highest BCUT2D eigenvalue weighted by Gasteiger charge is 2.21. The van der Waals surface area contributed by atoms with Gasteiger partial charge in [0.05, 0.1) is 0 Å². The van der Waals surface area contributed by atoms with E-state index in [0.29, 0.717) is 17.9 Å². The van der Waals surface area contributed by atoms with Gasteiger partial charge in [0, 0.05) is 19.1 Å². The van der Waals surface area contributed by atoms with E-state index in [4.69, 9.17) is 0 Å². The Morgan fingerprint density at radius 2 is 1.70 bits per heavy atom. The zero-order valence-corrected chi connectivity index (χ0v) is 14.1. The minimum Gasteiger partial charge on any atom is -0.379 e. The molecule has 0 spiro atoms. The number of benzene rings is 1. The Morgan fingerprint density at radius 1 is 1.04 bits per heavy atom. The van der Waals surface area contributed by atoms with E-state index in [-0.39, 0.29) is 6.04 Å². The standard InChI is InChI=1S/C18H25N3O2/c1-13(9-10-14-7-5-4-6-8-14)20-16-15(17(22)18(16)23)19-11-12-21(2)3/h4-8,13,19-20H,9-12H2,1-3H3/t13-/m0/s1. The normalized spacial score (nSPS) is 12.5. The molecule has 124 valence electrons. The molecule has 0 aliphatic carbocycles. The van der Waals surface area contributed by atoms with Gasteiger partial charge < -0.3 is 15.5 Å². The van der Waals surface area contributed by atoms with E-state index in [1.54, 1.807) is 0 Å². The highest BCUT2D eigenvalue weighted by molar-refractivity contribution is 5.74. The third-order valence-electron chi connectivity index (χ3n) is 3.87. The van der Waals surface area contributed by atoms with E-state index in [9.17, 15) is 9.59 Å². The van der Waals surface area contributed by atoms with Gasteiger partial charge >= 0.3 is 0 Å². The first-order chi connectivity index (χ1) is 11.0. The SMILES string of the molecule is C[C@@H](CCc1ccccc1)Nc1c(NCCN(C)C)c(=O)c1=O. The first-order valence-corrected chi connectivity index (χ1v) is 8.01. The van der Waals surface area contributed by atoms with Crippen LogP contribution in [0.5, 0.6) is 0 Å². The summed E-state index contributed by atoms with van der Waals surface area (Å²) in [5, 5.41) is 6.25. The summed E-state index contributed by atoms with van der Waals surface area (Å²) in [7, 11) is 3.93. The summed E-state index contributed by atoms with van der Waals surface area (Å²) in [5.41, 5.74) is 1.32. The maximum absolute atomic E-state index is 11.8. The van der Waals surface area contributed by atoms with Crippen molar-refractivity contribution in [3.63, 3.8) is 0 Å². The van der Waals surface area contributed by atoms with Gasteiger partial charge in [-0.25, -0.2) is 0 Å². The van der Waals surface area contributed by atoms with Gasteiger partial charge in [-0.3, -0.25) is 9.59 Å². The maximum Gasteiger partial charge on any atom is 0.253 e. The van der Waals surface area contributed by atoms with Crippen LogP contribution in [0.1, 0.15) is 18.9 Å². The zero-order valence-electron chi connectivity index (χ0n) is 14.1. The average molecular weight is 315 g/mol. The summed E-state index contributed by atoms with van der Waals surface area (Å²) in [6, 6.07) is 10.4. The van der Waals surface area contributed by atoms with Crippen molar-refractivity contribution in [3.8, 4) is 0 Å². The molecule has 5 heteroatoms. The average Bonchev–Trinajstić information content (AvgIpc) is 2.55. The van der Waals surface area contributed by atoms with E-state index in [1.807, 2.05) is 44.1 Å². The molecule has 5 nitrogen and oxygen atoms in total. The lowest BCUT2D eigenvalue weighted by atomic mass is 10.1. The van der Waals surface area contributed by atoms with Crippen molar-refractivity contribution in [2.45, 2.75) is 25.8 Å². The molecule has 0 bridgehead atoms. The van der Waals surface area contributed by atoms with Gasteiger partial charge in [-0.1, -0.05) is 30.3 Å².